The number of H-pyrrole nitrogens is 1. The van der Waals surface area contributed by atoms with E-state index in [1.807, 2.05) is 0 Å². The van der Waals surface area contributed by atoms with Crippen molar-refractivity contribution in [2.45, 2.75) is 3.79 Å². The van der Waals surface area contributed by atoms with Gasteiger partial charge in [0.15, 0.2) is 5.82 Å². The second-order valence-corrected chi connectivity index (χ2v) is 5.79. The summed E-state index contributed by atoms with van der Waals surface area (Å²) >= 11 is 22.7. The van der Waals surface area contributed by atoms with E-state index in [9.17, 15) is 4.79 Å². The Morgan fingerprint density at radius 2 is 1.94 bits per heavy atom. The third kappa shape index (κ3) is 2.28. The number of fused-ring (bicyclic) bond motifs is 1. The molecule has 7 heteroatoms. The van der Waals surface area contributed by atoms with Gasteiger partial charge in [-0.05, 0) is 18.2 Å². The fourth-order valence-corrected chi connectivity index (χ4v) is 1.68. The van der Waals surface area contributed by atoms with Crippen LogP contribution in [0.1, 0.15) is 5.82 Å². The van der Waals surface area contributed by atoms with Crippen molar-refractivity contribution < 1.29 is 0 Å². The Morgan fingerprint density at radius 3 is 2.56 bits per heavy atom. The normalized spacial score (nSPS) is 12.0. The maximum Gasteiger partial charge on any atom is 0.258 e. The molecule has 0 saturated carbocycles. The summed E-state index contributed by atoms with van der Waals surface area (Å²) in [5, 5.41) is 0.850. The van der Waals surface area contributed by atoms with Gasteiger partial charge < -0.3 is 4.98 Å². The first-order chi connectivity index (χ1) is 7.38. The van der Waals surface area contributed by atoms with Crippen LogP contribution in [0, 0.1) is 0 Å². The van der Waals surface area contributed by atoms with Gasteiger partial charge >= 0.3 is 0 Å². The average Bonchev–Trinajstić information content (AvgIpc) is 2.15. The van der Waals surface area contributed by atoms with Crippen LogP contribution >= 0.6 is 46.4 Å². The van der Waals surface area contributed by atoms with Crippen LogP contribution in [0.25, 0.3) is 10.9 Å². The van der Waals surface area contributed by atoms with Gasteiger partial charge in [0, 0.05) is 5.02 Å². The van der Waals surface area contributed by atoms with Crippen molar-refractivity contribution >= 4 is 57.3 Å². The highest BCUT2D eigenvalue weighted by molar-refractivity contribution is 6.66. The van der Waals surface area contributed by atoms with Crippen LogP contribution in [0.5, 0.6) is 0 Å². The third-order valence-corrected chi connectivity index (χ3v) is 2.71. The number of aromatic nitrogens is 2. The molecule has 2 rings (SSSR count). The molecule has 16 heavy (non-hydrogen) atoms. The SMILES string of the molecule is O=c1[nH]c(C(Cl)(Cl)Cl)nc2cc(Cl)ccc12. The van der Waals surface area contributed by atoms with E-state index in [4.69, 9.17) is 46.4 Å². The number of nitrogens with zero attached hydrogens (tertiary/aromatic N) is 1. The molecular formula is C9H4Cl4N2O. The fraction of sp³-hybridized carbons (Fsp3) is 0.111. The van der Waals surface area contributed by atoms with E-state index in [1.54, 1.807) is 12.1 Å². The minimum atomic E-state index is -1.77. The van der Waals surface area contributed by atoms with E-state index in [-0.39, 0.29) is 11.4 Å². The molecule has 0 aliphatic heterocycles. The molecule has 0 unspecified atom stereocenters. The molecule has 2 aromatic rings. The van der Waals surface area contributed by atoms with Crippen molar-refractivity contribution in [2.24, 2.45) is 0 Å². The molecule has 0 aliphatic carbocycles. The Balaban J connectivity index is 2.80. The molecule has 0 spiro atoms. The molecule has 0 bridgehead atoms. The van der Waals surface area contributed by atoms with Crippen molar-refractivity contribution in [3.05, 3.63) is 39.4 Å². The highest BCUT2D eigenvalue weighted by Gasteiger charge is 2.26. The van der Waals surface area contributed by atoms with Gasteiger partial charge in [-0.1, -0.05) is 46.4 Å². The highest BCUT2D eigenvalue weighted by atomic mass is 35.6. The molecule has 0 atom stereocenters. The Labute approximate surface area is 110 Å². The van der Waals surface area contributed by atoms with Gasteiger partial charge in [-0.15, -0.1) is 0 Å². The Morgan fingerprint density at radius 1 is 1.25 bits per heavy atom. The first-order valence-corrected chi connectivity index (χ1v) is 5.66. The number of hydrogen-bond donors (Lipinski definition) is 1. The predicted molar refractivity (Wildman–Crippen MR) is 66.6 cm³/mol. The summed E-state index contributed by atoms with van der Waals surface area (Å²) in [6.45, 7) is 0. The standard InChI is InChI=1S/C9H4Cl4N2O/c10-4-1-2-5-6(3-4)14-8(9(11,12)13)15-7(5)16/h1-3H,(H,14,15,16). The number of rotatable bonds is 0. The maximum atomic E-state index is 11.6. The number of aromatic amines is 1. The second-order valence-electron chi connectivity index (χ2n) is 3.07. The molecule has 1 heterocycles. The van der Waals surface area contributed by atoms with Crippen molar-refractivity contribution in [3.8, 4) is 0 Å². The van der Waals surface area contributed by atoms with Gasteiger partial charge in [-0.3, -0.25) is 4.79 Å². The van der Waals surface area contributed by atoms with Crippen molar-refractivity contribution in [2.75, 3.05) is 0 Å². The zero-order valence-electron chi connectivity index (χ0n) is 7.60. The number of benzene rings is 1. The molecule has 84 valence electrons. The summed E-state index contributed by atoms with van der Waals surface area (Å²) in [4.78, 5) is 18.1. The lowest BCUT2D eigenvalue weighted by atomic mass is 10.2. The van der Waals surface area contributed by atoms with Gasteiger partial charge in [0.2, 0.25) is 3.79 Å². The van der Waals surface area contributed by atoms with E-state index < -0.39 is 3.79 Å². The molecular weight excluding hydrogens is 294 g/mol. The van der Waals surface area contributed by atoms with Crippen molar-refractivity contribution in [1.82, 2.24) is 9.97 Å². The molecule has 3 nitrogen and oxygen atoms in total. The maximum absolute atomic E-state index is 11.6. The summed E-state index contributed by atoms with van der Waals surface area (Å²) in [6, 6.07) is 4.69. The van der Waals surface area contributed by atoms with Crippen LogP contribution in [-0.4, -0.2) is 9.97 Å². The summed E-state index contributed by atoms with van der Waals surface area (Å²) in [6.07, 6.45) is 0. The summed E-state index contributed by atoms with van der Waals surface area (Å²) < 4.78 is -1.77. The molecule has 0 saturated heterocycles. The predicted octanol–water partition coefficient (Wildman–Crippen LogP) is 3.40. The van der Waals surface area contributed by atoms with Crippen LogP contribution in [0.4, 0.5) is 0 Å². The Hall–Kier alpha value is -0.480. The van der Waals surface area contributed by atoms with Crippen LogP contribution in [0.2, 0.25) is 5.02 Å². The molecule has 1 aromatic carbocycles. The molecule has 1 N–H and O–H groups in total. The number of hydrogen-bond acceptors (Lipinski definition) is 2. The largest absolute Gasteiger partial charge is 0.306 e. The van der Waals surface area contributed by atoms with Gasteiger partial charge in [0.25, 0.3) is 5.56 Å². The zero-order chi connectivity index (χ0) is 11.9. The van der Waals surface area contributed by atoms with Crippen LogP contribution in [0.3, 0.4) is 0 Å². The van der Waals surface area contributed by atoms with Gasteiger partial charge in [-0.2, -0.15) is 0 Å². The smallest absolute Gasteiger partial charge is 0.258 e. The van der Waals surface area contributed by atoms with Crippen molar-refractivity contribution in [3.63, 3.8) is 0 Å². The fourth-order valence-electron chi connectivity index (χ4n) is 1.25. The van der Waals surface area contributed by atoms with E-state index in [0.29, 0.717) is 15.9 Å². The van der Waals surface area contributed by atoms with E-state index in [2.05, 4.69) is 9.97 Å². The number of nitrogens with one attached hydrogen (secondary N) is 1. The lowest BCUT2D eigenvalue weighted by molar-refractivity contribution is 0.975. The first-order valence-electron chi connectivity index (χ1n) is 4.15. The van der Waals surface area contributed by atoms with E-state index in [0.717, 1.165) is 0 Å². The van der Waals surface area contributed by atoms with Gasteiger partial charge in [0.05, 0.1) is 10.9 Å². The topological polar surface area (TPSA) is 45.8 Å². The monoisotopic (exact) mass is 296 g/mol. The Bertz CT molecular complexity index is 602. The quantitative estimate of drug-likeness (QED) is 0.758. The first kappa shape index (κ1) is 12.0. The van der Waals surface area contributed by atoms with Crippen LogP contribution < -0.4 is 5.56 Å². The summed E-state index contributed by atoms with van der Waals surface area (Å²) in [5.74, 6) is -0.0303. The molecule has 0 fully saturated rings. The molecule has 0 amide bonds. The van der Waals surface area contributed by atoms with E-state index >= 15 is 0 Å². The highest BCUT2D eigenvalue weighted by Crippen LogP contribution is 2.35. The Kier molecular flexibility index (Phi) is 3.05. The molecule has 0 radical (unpaired) electrons. The second kappa shape index (κ2) is 4.08. The van der Waals surface area contributed by atoms with Crippen LogP contribution in [0.15, 0.2) is 23.0 Å². The lowest BCUT2D eigenvalue weighted by Gasteiger charge is -2.10. The summed E-state index contributed by atoms with van der Waals surface area (Å²) in [5.41, 5.74) is 0.0144. The third-order valence-electron chi connectivity index (χ3n) is 1.94. The lowest BCUT2D eigenvalue weighted by Crippen LogP contribution is -2.17. The molecule has 1 aromatic heterocycles. The number of alkyl halides is 3. The zero-order valence-corrected chi connectivity index (χ0v) is 10.6. The van der Waals surface area contributed by atoms with E-state index in [1.165, 1.54) is 6.07 Å². The number of halogens is 4. The average molecular weight is 298 g/mol. The molecule has 0 aliphatic rings. The van der Waals surface area contributed by atoms with Gasteiger partial charge in [-0.25, -0.2) is 4.98 Å². The van der Waals surface area contributed by atoms with Crippen molar-refractivity contribution in [1.29, 1.82) is 0 Å². The minimum absolute atomic E-state index is 0.0303. The van der Waals surface area contributed by atoms with Gasteiger partial charge in [0.1, 0.15) is 0 Å². The summed E-state index contributed by atoms with van der Waals surface area (Å²) in [7, 11) is 0. The minimum Gasteiger partial charge on any atom is -0.306 e. The van der Waals surface area contributed by atoms with Crippen LogP contribution in [-0.2, 0) is 3.79 Å².